The fraction of sp³-hybridized carbons (Fsp3) is 0.143. The van der Waals surface area contributed by atoms with Crippen LogP contribution in [0.3, 0.4) is 0 Å². The Morgan fingerprint density at radius 1 is 1.07 bits per heavy atom. The molecule has 0 aliphatic carbocycles. The Balaban J connectivity index is 2.00. The van der Waals surface area contributed by atoms with Gasteiger partial charge in [-0.3, -0.25) is 15.0 Å². The molecular formula is C21H20ClN3O4S. The molecule has 0 saturated heterocycles. The molecule has 0 radical (unpaired) electrons. The number of pyridine rings is 1. The van der Waals surface area contributed by atoms with Gasteiger partial charge >= 0.3 is 0 Å². The van der Waals surface area contributed by atoms with Gasteiger partial charge in [0.2, 0.25) is 15.9 Å². The molecule has 3 aromatic rings. The number of halogens is 1. The molecule has 3 rings (SSSR count). The Morgan fingerprint density at radius 2 is 1.70 bits per heavy atom. The van der Waals surface area contributed by atoms with Crippen molar-refractivity contribution in [3.8, 4) is 22.4 Å². The van der Waals surface area contributed by atoms with Crippen molar-refractivity contribution in [2.24, 2.45) is 5.14 Å². The number of nitrogens with one attached hydrogen (secondary N) is 1. The molecule has 1 aromatic heterocycles. The number of hydrogen-bond donors (Lipinski definition) is 3. The summed E-state index contributed by atoms with van der Waals surface area (Å²) in [6, 6.07) is 15.5. The number of hydroxylamine groups is 1. The number of primary sulfonamides is 1. The molecule has 0 fully saturated rings. The Kier molecular flexibility index (Phi) is 6.84. The normalized spacial score (nSPS) is 11.3. The van der Waals surface area contributed by atoms with Crippen molar-refractivity contribution >= 4 is 27.5 Å². The number of nitrogens with two attached hydrogens (primary N) is 1. The molecule has 9 heteroatoms. The Bertz CT molecular complexity index is 1150. The first-order valence-electron chi connectivity index (χ1n) is 9.09. The van der Waals surface area contributed by atoms with Crippen molar-refractivity contribution in [1.29, 1.82) is 0 Å². The van der Waals surface area contributed by atoms with Gasteiger partial charge in [0.25, 0.3) is 0 Å². The van der Waals surface area contributed by atoms with E-state index in [0.717, 1.165) is 22.3 Å². The van der Waals surface area contributed by atoms with Crippen LogP contribution < -0.4 is 10.6 Å². The van der Waals surface area contributed by atoms with E-state index in [4.69, 9.17) is 21.9 Å². The van der Waals surface area contributed by atoms with Crippen molar-refractivity contribution in [2.75, 3.05) is 0 Å². The first-order valence-corrected chi connectivity index (χ1v) is 11.0. The SMILES string of the molecule is NS(=O)(=O)c1ccc(-c2cc(CCCC(=O)NO)cnc2-c2ccc(Cl)cc2)cc1. The van der Waals surface area contributed by atoms with Crippen LogP contribution in [0.15, 0.2) is 65.7 Å². The first-order chi connectivity index (χ1) is 14.3. The summed E-state index contributed by atoms with van der Waals surface area (Å²) in [6.45, 7) is 0. The number of sulfonamides is 1. The van der Waals surface area contributed by atoms with Crippen molar-refractivity contribution in [3.63, 3.8) is 0 Å². The van der Waals surface area contributed by atoms with E-state index in [-0.39, 0.29) is 11.3 Å². The minimum absolute atomic E-state index is 0.0263. The molecule has 0 atom stereocenters. The molecule has 0 bridgehead atoms. The summed E-state index contributed by atoms with van der Waals surface area (Å²) in [7, 11) is -3.79. The van der Waals surface area contributed by atoms with Crippen LogP contribution in [0.2, 0.25) is 5.02 Å². The van der Waals surface area contributed by atoms with Crippen LogP contribution in [0.4, 0.5) is 0 Å². The lowest BCUT2D eigenvalue weighted by molar-refractivity contribution is -0.129. The van der Waals surface area contributed by atoms with E-state index in [1.807, 2.05) is 18.2 Å². The lowest BCUT2D eigenvalue weighted by Gasteiger charge is -2.12. The van der Waals surface area contributed by atoms with E-state index in [9.17, 15) is 13.2 Å². The van der Waals surface area contributed by atoms with Crippen LogP contribution in [0.25, 0.3) is 22.4 Å². The third-order valence-electron chi connectivity index (χ3n) is 4.55. The third-order valence-corrected chi connectivity index (χ3v) is 5.73. The second kappa shape index (κ2) is 9.36. The van der Waals surface area contributed by atoms with Gasteiger partial charge in [-0.2, -0.15) is 0 Å². The predicted molar refractivity (Wildman–Crippen MR) is 114 cm³/mol. The molecular weight excluding hydrogens is 426 g/mol. The molecule has 0 spiro atoms. The number of rotatable bonds is 7. The summed E-state index contributed by atoms with van der Waals surface area (Å²) >= 11 is 6.00. The van der Waals surface area contributed by atoms with Crippen LogP contribution in [-0.4, -0.2) is 24.5 Å². The Morgan fingerprint density at radius 3 is 2.30 bits per heavy atom. The molecule has 7 nitrogen and oxygen atoms in total. The lowest BCUT2D eigenvalue weighted by atomic mass is 9.96. The minimum atomic E-state index is -3.79. The molecule has 0 unspecified atom stereocenters. The summed E-state index contributed by atoms with van der Waals surface area (Å²) in [6.07, 6.45) is 3.05. The number of benzene rings is 2. The van der Waals surface area contributed by atoms with Gasteiger partial charge < -0.3 is 0 Å². The highest BCUT2D eigenvalue weighted by molar-refractivity contribution is 7.89. The van der Waals surface area contributed by atoms with E-state index >= 15 is 0 Å². The number of amides is 1. The van der Waals surface area contributed by atoms with Crippen molar-refractivity contribution in [3.05, 3.63) is 71.4 Å². The predicted octanol–water partition coefficient (Wildman–Crippen LogP) is 3.54. The van der Waals surface area contributed by atoms with E-state index in [0.29, 0.717) is 23.6 Å². The third kappa shape index (κ3) is 5.43. The van der Waals surface area contributed by atoms with Gasteiger partial charge in [-0.15, -0.1) is 0 Å². The Hall–Kier alpha value is -2.78. The maximum absolute atomic E-state index is 11.6. The van der Waals surface area contributed by atoms with Crippen LogP contribution >= 0.6 is 11.6 Å². The number of carbonyl (C=O) groups is 1. The summed E-state index contributed by atoms with van der Waals surface area (Å²) in [5.41, 5.74) is 5.68. The summed E-state index contributed by atoms with van der Waals surface area (Å²) < 4.78 is 23.1. The smallest absolute Gasteiger partial charge is 0.243 e. The number of nitrogens with zero attached hydrogens (tertiary/aromatic N) is 1. The second-order valence-electron chi connectivity index (χ2n) is 6.70. The van der Waals surface area contributed by atoms with Crippen molar-refractivity contribution in [1.82, 2.24) is 10.5 Å². The maximum atomic E-state index is 11.6. The molecule has 0 aliphatic rings. The van der Waals surface area contributed by atoms with Crippen molar-refractivity contribution in [2.45, 2.75) is 24.2 Å². The zero-order valence-corrected chi connectivity index (χ0v) is 17.4. The van der Waals surface area contributed by atoms with E-state index in [1.165, 1.54) is 12.1 Å². The molecule has 0 aliphatic heterocycles. The van der Waals surface area contributed by atoms with Crippen LogP contribution in [0.5, 0.6) is 0 Å². The molecule has 1 amide bonds. The number of aryl methyl sites for hydroxylation is 1. The van der Waals surface area contributed by atoms with Gasteiger partial charge in [0, 0.05) is 28.8 Å². The van der Waals surface area contributed by atoms with Crippen LogP contribution in [-0.2, 0) is 21.2 Å². The molecule has 30 heavy (non-hydrogen) atoms. The highest BCUT2D eigenvalue weighted by Gasteiger charge is 2.13. The van der Waals surface area contributed by atoms with Crippen LogP contribution in [0, 0.1) is 0 Å². The van der Waals surface area contributed by atoms with Gasteiger partial charge in [-0.25, -0.2) is 19.0 Å². The molecule has 1 heterocycles. The highest BCUT2D eigenvalue weighted by atomic mass is 35.5. The number of hydrogen-bond acceptors (Lipinski definition) is 5. The molecule has 156 valence electrons. The maximum Gasteiger partial charge on any atom is 0.243 e. The zero-order valence-electron chi connectivity index (χ0n) is 15.9. The fourth-order valence-electron chi connectivity index (χ4n) is 3.04. The van der Waals surface area contributed by atoms with Gasteiger partial charge in [-0.1, -0.05) is 35.9 Å². The number of aromatic nitrogens is 1. The van der Waals surface area contributed by atoms with Gasteiger partial charge in [0.15, 0.2) is 0 Å². The molecule has 0 saturated carbocycles. The monoisotopic (exact) mass is 445 g/mol. The minimum Gasteiger partial charge on any atom is -0.289 e. The zero-order chi connectivity index (χ0) is 21.7. The summed E-state index contributed by atoms with van der Waals surface area (Å²) in [4.78, 5) is 15.9. The van der Waals surface area contributed by atoms with Crippen LogP contribution in [0.1, 0.15) is 18.4 Å². The van der Waals surface area contributed by atoms with E-state index in [2.05, 4.69) is 4.98 Å². The first kappa shape index (κ1) is 21.9. The summed E-state index contributed by atoms with van der Waals surface area (Å²) in [5.74, 6) is -0.445. The molecule has 2 aromatic carbocycles. The topological polar surface area (TPSA) is 122 Å². The largest absolute Gasteiger partial charge is 0.289 e. The average Bonchev–Trinajstić information content (AvgIpc) is 2.73. The lowest BCUT2D eigenvalue weighted by Crippen LogP contribution is -2.18. The highest BCUT2D eigenvalue weighted by Crippen LogP contribution is 2.32. The Labute approximate surface area is 179 Å². The van der Waals surface area contributed by atoms with Gasteiger partial charge in [0.05, 0.1) is 10.6 Å². The quantitative estimate of drug-likeness (QED) is 0.379. The van der Waals surface area contributed by atoms with E-state index < -0.39 is 15.9 Å². The fourth-order valence-corrected chi connectivity index (χ4v) is 3.68. The number of carbonyl (C=O) groups excluding carboxylic acids is 1. The standard InChI is InChI=1S/C21H20ClN3O4S/c22-17-8-4-16(5-9-17)21-19(15-6-10-18(11-7-15)30(23,28)29)12-14(13-24-21)2-1-3-20(26)25-27/h4-13,27H,1-3H2,(H,25,26)(H2,23,28,29). The van der Waals surface area contributed by atoms with E-state index in [1.54, 1.807) is 35.9 Å². The summed E-state index contributed by atoms with van der Waals surface area (Å²) in [5, 5.41) is 14.4. The van der Waals surface area contributed by atoms with Gasteiger partial charge in [0.1, 0.15) is 0 Å². The average molecular weight is 446 g/mol. The molecule has 4 N–H and O–H groups in total. The second-order valence-corrected chi connectivity index (χ2v) is 8.70. The van der Waals surface area contributed by atoms with Crippen molar-refractivity contribution < 1.29 is 18.4 Å². The van der Waals surface area contributed by atoms with Gasteiger partial charge in [-0.05, 0) is 54.3 Å².